The van der Waals surface area contributed by atoms with Crippen LogP contribution in [0, 0.1) is 23.7 Å². The molecule has 0 unspecified atom stereocenters. The number of amides is 3. The number of fused-ring (bicyclic) bond motifs is 2. The number of hydrogen-bond acceptors (Lipinski definition) is 10. The molecule has 14 atom stereocenters. The SMILES string of the molecule is CCC(=O)N(C)[C@H]1C[C@@H](C)O[C@H]2O[C@@H]3[C@@H](C)[C@H](O[C@H]4C[C@@](C)(OC)[C@@H](O)[C@H](C)O4)[C@@H](C)C(=O)NCCC(=O)N(C)C[C@H](C)C[C@]3(O)C[C@@H]21. The smallest absolute Gasteiger partial charge is 0.225 e. The lowest BCUT2D eigenvalue weighted by atomic mass is 9.69. The molecular formula is C35H61N3O10. The lowest BCUT2D eigenvalue weighted by Crippen LogP contribution is -2.65. The van der Waals surface area contributed by atoms with Crippen LogP contribution in [0.25, 0.3) is 0 Å². The summed E-state index contributed by atoms with van der Waals surface area (Å²) in [6.07, 6.45) is -2.88. The van der Waals surface area contributed by atoms with Crippen molar-refractivity contribution >= 4 is 17.7 Å². The Labute approximate surface area is 286 Å². The summed E-state index contributed by atoms with van der Waals surface area (Å²) >= 11 is 0. The van der Waals surface area contributed by atoms with Gasteiger partial charge in [0.25, 0.3) is 0 Å². The van der Waals surface area contributed by atoms with Crippen LogP contribution in [0.1, 0.15) is 87.0 Å². The Hall–Kier alpha value is -1.87. The van der Waals surface area contributed by atoms with Crippen LogP contribution in [0.15, 0.2) is 0 Å². The highest BCUT2D eigenvalue weighted by Crippen LogP contribution is 2.47. The summed E-state index contributed by atoms with van der Waals surface area (Å²) < 4.78 is 31.7. The number of carbonyl (C=O) groups excluding carboxylic acids is 3. The van der Waals surface area contributed by atoms with Gasteiger partial charge in [-0.25, -0.2) is 0 Å². The summed E-state index contributed by atoms with van der Waals surface area (Å²) in [7, 11) is 5.08. The van der Waals surface area contributed by atoms with Crippen molar-refractivity contribution in [3.63, 3.8) is 0 Å². The zero-order chi connectivity index (χ0) is 35.7. The molecule has 4 aliphatic heterocycles. The van der Waals surface area contributed by atoms with Gasteiger partial charge in [0.05, 0.1) is 41.5 Å². The summed E-state index contributed by atoms with van der Waals surface area (Å²) in [5.74, 6) is -2.06. The van der Waals surface area contributed by atoms with Gasteiger partial charge in [-0.3, -0.25) is 14.4 Å². The predicted molar refractivity (Wildman–Crippen MR) is 176 cm³/mol. The maximum Gasteiger partial charge on any atom is 0.225 e. The van der Waals surface area contributed by atoms with Crippen LogP contribution < -0.4 is 5.32 Å². The topological polar surface area (TPSA) is 156 Å². The maximum atomic E-state index is 13.7. The minimum absolute atomic E-state index is 0.0121. The number of methoxy groups -OCH3 is 1. The molecule has 0 radical (unpaired) electrons. The Morgan fingerprint density at radius 2 is 1.79 bits per heavy atom. The van der Waals surface area contributed by atoms with Crippen molar-refractivity contribution in [2.24, 2.45) is 23.7 Å². The van der Waals surface area contributed by atoms with E-state index >= 15 is 0 Å². The van der Waals surface area contributed by atoms with Crippen LogP contribution in [-0.2, 0) is 38.1 Å². The molecule has 3 N–H and O–H groups in total. The first-order valence-corrected chi connectivity index (χ1v) is 17.8. The van der Waals surface area contributed by atoms with E-state index in [0.29, 0.717) is 32.2 Å². The van der Waals surface area contributed by atoms with E-state index in [2.05, 4.69) is 5.32 Å². The first-order valence-electron chi connectivity index (χ1n) is 17.8. The highest BCUT2D eigenvalue weighted by Gasteiger charge is 2.57. The number of carbonyl (C=O) groups is 3. The van der Waals surface area contributed by atoms with Crippen LogP contribution in [0.2, 0.25) is 0 Å². The molecule has 4 saturated heterocycles. The molecule has 0 aliphatic carbocycles. The average molecular weight is 684 g/mol. The van der Waals surface area contributed by atoms with Gasteiger partial charge in [0.1, 0.15) is 6.10 Å². The van der Waals surface area contributed by atoms with Gasteiger partial charge in [-0.15, -0.1) is 0 Å². The second-order valence-electron chi connectivity index (χ2n) is 15.3. The van der Waals surface area contributed by atoms with Gasteiger partial charge in [0.2, 0.25) is 17.7 Å². The Kier molecular flexibility index (Phi) is 12.6. The van der Waals surface area contributed by atoms with E-state index in [9.17, 15) is 24.6 Å². The van der Waals surface area contributed by atoms with Gasteiger partial charge in [-0.1, -0.05) is 27.7 Å². The third-order valence-corrected chi connectivity index (χ3v) is 11.4. The van der Waals surface area contributed by atoms with Crippen LogP contribution in [-0.4, -0.2) is 132 Å². The minimum atomic E-state index is -1.41. The van der Waals surface area contributed by atoms with Crippen LogP contribution in [0.3, 0.4) is 0 Å². The fourth-order valence-electron chi connectivity index (χ4n) is 8.60. The molecule has 0 aromatic heterocycles. The van der Waals surface area contributed by atoms with Crippen molar-refractivity contribution in [2.45, 2.75) is 147 Å². The van der Waals surface area contributed by atoms with Crippen molar-refractivity contribution in [3.05, 3.63) is 0 Å². The Morgan fingerprint density at radius 3 is 2.44 bits per heavy atom. The highest BCUT2D eigenvalue weighted by molar-refractivity contribution is 5.80. The molecule has 48 heavy (non-hydrogen) atoms. The predicted octanol–water partition coefficient (Wildman–Crippen LogP) is 2.06. The highest BCUT2D eigenvalue weighted by atomic mass is 16.7. The standard InChI is InChI=1S/C35H61N3O10/c1-11-26(39)38(9)25-14-20(3)45-33-24(25)16-35(43)15-19(2)18-37(8)27(40)12-13-36-32(42)22(5)29(21(4)31(35)48-33)47-28-17-34(7,44-10)30(41)23(6)46-28/h19-25,28-31,33,41,43H,11-18H2,1-10H3,(H,36,42)/t19-,20-,21+,22-,23+,24-,25+,28+,29+,30+,31-,33+,34-,35+/m1/s1. The molecule has 0 saturated carbocycles. The van der Waals surface area contributed by atoms with E-state index in [-0.39, 0.29) is 61.1 Å². The van der Waals surface area contributed by atoms with Crippen LogP contribution >= 0.6 is 0 Å². The first-order chi connectivity index (χ1) is 22.4. The molecule has 4 heterocycles. The zero-order valence-corrected chi connectivity index (χ0v) is 30.6. The van der Waals surface area contributed by atoms with E-state index in [1.165, 1.54) is 7.11 Å². The normalized spacial score (nSPS) is 45.0. The average Bonchev–Trinajstić information content (AvgIpc) is 3.03. The summed E-state index contributed by atoms with van der Waals surface area (Å²) in [6, 6.07) is -0.203. The second kappa shape index (κ2) is 15.6. The van der Waals surface area contributed by atoms with E-state index in [1.807, 2.05) is 27.7 Å². The molecule has 276 valence electrons. The van der Waals surface area contributed by atoms with Crippen molar-refractivity contribution < 1.29 is 48.3 Å². The van der Waals surface area contributed by atoms with E-state index in [1.54, 1.807) is 44.7 Å². The Bertz CT molecular complexity index is 1140. The van der Waals surface area contributed by atoms with Crippen LogP contribution in [0.4, 0.5) is 0 Å². The number of nitrogens with zero attached hydrogens (tertiary/aromatic N) is 2. The molecule has 0 aromatic carbocycles. The van der Waals surface area contributed by atoms with Crippen molar-refractivity contribution in [1.82, 2.24) is 15.1 Å². The first kappa shape index (κ1) is 38.9. The number of rotatable bonds is 5. The number of ether oxygens (including phenoxy) is 5. The van der Waals surface area contributed by atoms with E-state index in [0.717, 1.165) is 0 Å². The molecule has 0 aromatic rings. The van der Waals surface area contributed by atoms with Gasteiger partial charge < -0.3 is 49.0 Å². The summed E-state index contributed by atoms with van der Waals surface area (Å²) in [6.45, 7) is 13.6. The second-order valence-corrected chi connectivity index (χ2v) is 15.3. The minimum Gasteiger partial charge on any atom is -0.387 e. The van der Waals surface area contributed by atoms with Gasteiger partial charge in [-0.2, -0.15) is 0 Å². The Morgan fingerprint density at radius 1 is 1.10 bits per heavy atom. The summed E-state index contributed by atoms with van der Waals surface area (Å²) in [5, 5.41) is 26.6. The molecule has 4 rings (SSSR count). The summed E-state index contributed by atoms with van der Waals surface area (Å²) in [4.78, 5) is 43.0. The largest absolute Gasteiger partial charge is 0.387 e. The molecule has 4 fully saturated rings. The third-order valence-electron chi connectivity index (χ3n) is 11.4. The molecule has 0 spiro atoms. The molecular weight excluding hydrogens is 622 g/mol. The fraction of sp³-hybridized carbons (Fsp3) is 0.914. The number of aliphatic hydroxyl groups excluding tert-OH is 1. The number of nitrogens with one attached hydrogen (secondary N) is 1. The number of hydrogen-bond donors (Lipinski definition) is 3. The Balaban J connectivity index is 1.75. The molecule has 13 heteroatoms. The monoisotopic (exact) mass is 683 g/mol. The lowest BCUT2D eigenvalue weighted by Gasteiger charge is -2.56. The van der Waals surface area contributed by atoms with Crippen molar-refractivity contribution in [2.75, 3.05) is 34.3 Å². The van der Waals surface area contributed by atoms with E-state index in [4.69, 9.17) is 23.7 Å². The molecule has 3 amide bonds. The zero-order valence-electron chi connectivity index (χ0n) is 30.6. The molecule has 13 nitrogen and oxygen atoms in total. The summed E-state index contributed by atoms with van der Waals surface area (Å²) in [5.41, 5.74) is -2.36. The van der Waals surface area contributed by atoms with Gasteiger partial charge in [0, 0.05) is 71.4 Å². The van der Waals surface area contributed by atoms with Gasteiger partial charge in [-0.05, 0) is 46.0 Å². The van der Waals surface area contributed by atoms with Crippen LogP contribution in [0.5, 0.6) is 0 Å². The van der Waals surface area contributed by atoms with Crippen molar-refractivity contribution in [3.8, 4) is 0 Å². The fourth-order valence-corrected chi connectivity index (χ4v) is 8.60. The lowest BCUT2D eigenvalue weighted by molar-refractivity contribution is -0.337. The molecule has 0 bridgehead atoms. The van der Waals surface area contributed by atoms with Gasteiger partial charge in [0.15, 0.2) is 12.6 Å². The quantitative estimate of drug-likeness (QED) is 0.392. The third kappa shape index (κ3) is 8.19. The number of aliphatic hydroxyl groups is 2. The van der Waals surface area contributed by atoms with E-state index < -0.39 is 60.0 Å². The van der Waals surface area contributed by atoms with Gasteiger partial charge >= 0.3 is 0 Å². The van der Waals surface area contributed by atoms with Crippen molar-refractivity contribution in [1.29, 1.82) is 0 Å². The maximum absolute atomic E-state index is 13.7. The molecule has 4 aliphatic rings.